The fourth-order valence-electron chi connectivity index (χ4n) is 4.58. The summed E-state index contributed by atoms with van der Waals surface area (Å²) >= 11 is 12.6. The van der Waals surface area contributed by atoms with Crippen molar-refractivity contribution in [2.75, 3.05) is 10.8 Å². The molecule has 5 nitrogen and oxygen atoms in total. The Morgan fingerprint density at radius 1 is 1.00 bits per heavy atom. The van der Waals surface area contributed by atoms with Gasteiger partial charge in [0, 0.05) is 0 Å². The minimum Gasteiger partial charge on any atom is -0.348 e. The summed E-state index contributed by atoms with van der Waals surface area (Å²) in [6.45, 7) is 3.44. The van der Waals surface area contributed by atoms with Gasteiger partial charge in [-0.05, 0) is 80.0 Å². The van der Waals surface area contributed by atoms with E-state index in [1.807, 2.05) is 13.8 Å². The lowest BCUT2D eigenvalue weighted by molar-refractivity contribution is -0.120. The zero-order valence-electron chi connectivity index (χ0n) is 20.4. The molecule has 36 heavy (non-hydrogen) atoms. The summed E-state index contributed by atoms with van der Waals surface area (Å²) in [5.41, 5.74) is 4.81. The first-order chi connectivity index (χ1) is 17.2. The minimum atomic E-state index is -4.10. The molecule has 0 saturated heterocycles. The van der Waals surface area contributed by atoms with E-state index in [4.69, 9.17) is 23.2 Å². The lowest BCUT2D eigenvalue weighted by atomic mass is 9.89. The average Bonchev–Trinajstić information content (AvgIpc) is 2.87. The molecule has 0 heterocycles. The van der Waals surface area contributed by atoms with E-state index in [1.165, 1.54) is 36.1 Å². The molecule has 0 fully saturated rings. The van der Waals surface area contributed by atoms with Gasteiger partial charge >= 0.3 is 0 Å². The number of benzene rings is 3. The van der Waals surface area contributed by atoms with Gasteiger partial charge in [0.25, 0.3) is 10.0 Å². The van der Waals surface area contributed by atoms with Crippen molar-refractivity contribution in [3.05, 3.63) is 93.0 Å². The number of hydrogen-bond donors (Lipinski definition) is 1. The largest absolute Gasteiger partial charge is 0.348 e. The van der Waals surface area contributed by atoms with Crippen molar-refractivity contribution in [1.82, 2.24) is 5.32 Å². The molecule has 4 rings (SSSR count). The number of aryl methyl sites for hydroxylation is 3. The van der Waals surface area contributed by atoms with Crippen molar-refractivity contribution >= 4 is 44.8 Å². The van der Waals surface area contributed by atoms with Gasteiger partial charge in [0.2, 0.25) is 5.91 Å². The SMILES string of the molecule is CCC(NC(=O)CN(c1cccc(Cl)c1Cl)S(=O)(=O)c1ccc(C)cc1)c1ccc2c(c1)CCCC2. The molecular weight excluding hydrogens is 515 g/mol. The topological polar surface area (TPSA) is 66.5 Å². The molecule has 1 aliphatic carbocycles. The molecule has 0 saturated carbocycles. The summed E-state index contributed by atoms with van der Waals surface area (Å²) in [5, 5.41) is 3.32. The van der Waals surface area contributed by atoms with Gasteiger partial charge in [0.05, 0.1) is 26.7 Å². The number of nitrogens with zero attached hydrogens (tertiary/aromatic N) is 1. The van der Waals surface area contributed by atoms with E-state index in [2.05, 4.69) is 23.5 Å². The summed E-state index contributed by atoms with van der Waals surface area (Å²) in [4.78, 5) is 13.4. The van der Waals surface area contributed by atoms with Crippen LogP contribution in [0.5, 0.6) is 0 Å². The molecule has 1 amide bonds. The third kappa shape index (κ3) is 5.72. The van der Waals surface area contributed by atoms with Crippen molar-refractivity contribution in [2.45, 2.75) is 56.9 Å². The average molecular weight is 546 g/mol. The van der Waals surface area contributed by atoms with Gasteiger partial charge in [-0.25, -0.2) is 8.42 Å². The highest BCUT2D eigenvalue weighted by molar-refractivity contribution is 7.92. The number of halogens is 2. The Hall–Kier alpha value is -2.54. The van der Waals surface area contributed by atoms with Crippen LogP contribution in [0.1, 0.15) is 54.5 Å². The van der Waals surface area contributed by atoms with Gasteiger partial charge < -0.3 is 5.32 Å². The van der Waals surface area contributed by atoms with E-state index in [0.29, 0.717) is 6.42 Å². The van der Waals surface area contributed by atoms with Crippen molar-refractivity contribution in [1.29, 1.82) is 0 Å². The molecule has 0 bridgehead atoms. The molecule has 1 N–H and O–H groups in total. The normalized spacial score (nSPS) is 14.1. The van der Waals surface area contributed by atoms with Crippen LogP contribution in [0.15, 0.2) is 65.6 Å². The Bertz CT molecular complexity index is 1360. The van der Waals surface area contributed by atoms with Gasteiger partial charge in [-0.3, -0.25) is 9.10 Å². The Balaban J connectivity index is 1.63. The van der Waals surface area contributed by atoms with Crippen molar-refractivity contribution in [3.8, 4) is 0 Å². The summed E-state index contributed by atoms with van der Waals surface area (Å²) < 4.78 is 28.4. The summed E-state index contributed by atoms with van der Waals surface area (Å²) in [6, 6.07) is 17.4. The van der Waals surface area contributed by atoms with E-state index in [0.717, 1.165) is 28.3 Å². The second-order valence-corrected chi connectivity index (χ2v) is 11.8. The first-order valence-corrected chi connectivity index (χ1v) is 14.3. The van der Waals surface area contributed by atoms with Crippen molar-refractivity contribution in [3.63, 3.8) is 0 Å². The summed E-state index contributed by atoms with van der Waals surface area (Å²) in [7, 11) is -4.10. The molecule has 1 unspecified atom stereocenters. The molecule has 190 valence electrons. The first kappa shape index (κ1) is 26.5. The Kier molecular flexibility index (Phi) is 8.28. The number of sulfonamides is 1. The number of fused-ring (bicyclic) bond motifs is 1. The fourth-order valence-corrected chi connectivity index (χ4v) is 6.46. The van der Waals surface area contributed by atoms with Crippen LogP contribution in [0.25, 0.3) is 0 Å². The van der Waals surface area contributed by atoms with E-state index in [9.17, 15) is 13.2 Å². The molecule has 0 spiro atoms. The molecule has 1 aliphatic rings. The van der Waals surface area contributed by atoms with Gasteiger partial charge in [0.1, 0.15) is 6.54 Å². The van der Waals surface area contributed by atoms with Gasteiger partial charge in [-0.2, -0.15) is 0 Å². The third-order valence-electron chi connectivity index (χ3n) is 6.61. The zero-order chi connectivity index (χ0) is 25.9. The van der Waals surface area contributed by atoms with Crippen LogP contribution in [0.4, 0.5) is 5.69 Å². The molecule has 8 heteroatoms. The number of carbonyl (C=O) groups excluding carboxylic acids is 1. The van der Waals surface area contributed by atoms with E-state index in [-0.39, 0.29) is 26.7 Å². The van der Waals surface area contributed by atoms with E-state index in [1.54, 1.807) is 30.3 Å². The number of hydrogen-bond acceptors (Lipinski definition) is 3. The van der Waals surface area contributed by atoms with Crippen molar-refractivity contribution in [2.24, 2.45) is 0 Å². The predicted molar refractivity (Wildman–Crippen MR) is 146 cm³/mol. The van der Waals surface area contributed by atoms with E-state index >= 15 is 0 Å². The van der Waals surface area contributed by atoms with Crippen LogP contribution >= 0.6 is 23.2 Å². The van der Waals surface area contributed by atoms with Gasteiger partial charge in [-0.15, -0.1) is 0 Å². The van der Waals surface area contributed by atoms with Gasteiger partial charge in [0.15, 0.2) is 0 Å². The number of amides is 1. The van der Waals surface area contributed by atoms with Crippen molar-refractivity contribution < 1.29 is 13.2 Å². The fraction of sp³-hybridized carbons (Fsp3) is 0.321. The molecular formula is C28H30Cl2N2O3S. The highest BCUT2D eigenvalue weighted by Gasteiger charge is 2.30. The molecule has 3 aromatic carbocycles. The molecule has 0 radical (unpaired) electrons. The van der Waals surface area contributed by atoms with Crippen LogP contribution in [-0.2, 0) is 27.7 Å². The second kappa shape index (κ2) is 11.2. The lowest BCUT2D eigenvalue weighted by Crippen LogP contribution is -2.42. The second-order valence-electron chi connectivity index (χ2n) is 9.16. The van der Waals surface area contributed by atoms with Crippen LogP contribution in [0, 0.1) is 6.92 Å². The Morgan fingerprint density at radius 2 is 1.69 bits per heavy atom. The smallest absolute Gasteiger partial charge is 0.264 e. The Morgan fingerprint density at radius 3 is 2.39 bits per heavy atom. The predicted octanol–water partition coefficient (Wildman–Crippen LogP) is 6.64. The summed E-state index contributed by atoms with van der Waals surface area (Å²) in [6.07, 6.45) is 5.19. The van der Waals surface area contributed by atoms with Crippen LogP contribution < -0.4 is 9.62 Å². The monoisotopic (exact) mass is 544 g/mol. The maximum absolute atomic E-state index is 13.7. The van der Waals surface area contributed by atoms with Crippen LogP contribution in [-0.4, -0.2) is 20.9 Å². The zero-order valence-corrected chi connectivity index (χ0v) is 22.8. The highest BCUT2D eigenvalue weighted by Crippen LogP contribution is 2.35. The Labute approximate surface area is 223 Å². The van der Waals surface area contributed by atoms with E-state index < -0.39 is 22.5 Å². The van der Waals surface area contributed by atoms with Crippen LogP contribution in [0.2, 0.25) is 10.0 Å². The minimum absolute atomic E-state index is 0.0682. The highest BCUT2D eigenvalue weighted by atomic mass is 35.5. The third-order valence-corrected chi connectivity index (χ3v) is 9.20. The molecule has 3 aromatic rings. The quantitative estimate of drug-likeness (QED) is 0.345. The standard InChI is InChI=1S/C28H30Cl2N2O3S/c1-3-25(22-14-13-20-7-4-5-8-21(20)17-22)31-27(33)18-32(26-10-6-9-24(29)28(26)30)36(34,35)23-15-11-19(2)12-16-23/h6,9-17,25H,3-5,7-8,18H2,1-2H3,(H,31,33). The van der Waals surface area contributed by atoms with Crippen LogP contribution in [0.3, 0.4) is 0 Å². The maximum atomic E-state index is 13.7. The number of anilines is 1. The number of nitrogens with one attached hydrogen (secondary N) is 1. The number of carbonyl (C=O) groups is 1. The number of rotatable bonds is 8. The first-order valence-electron chi connectivity index (χ1n) is 12.1. The molecule has 1 atom stereocenters. The lowest BCUT2D eigenvalue weighted by Gasteiger charge is -2.27. The maximum Gasteiger partial charge on any atom is 0.264 e. The van der Waals surface area contributed by atoms with Gasteiger partial charge in [-0.1, -0.05) is 72.1 Å². The molecule has 0 aliphatic heterocycles. The summed E-state index contributed by atoms with van der Waals surface area (Å²) in [5.74, 6) is -0.425. The molecule has 0 aromatic heterocycles.